The summed E-state index contributed by atoms with van der Waals surface area (Å²) in [4.78, 5) is 12.3. The Bertz CT molecular complexity index is 583. The van der Waals surface area contributed by atoms with E-state index in [-0.39, 0.29) is 24.0 Å². The molecule has 3 nitrogen and oxygen atoms in total. The standard InChI is InChI=1S/C20H29Cl2NO2/c1-4-14(5-2)11-18(23-19(24)13-25-3)20(9-6-10-20)15-7-8-16(21)17(22)12-15/h7-8,12,14,18H,4-6,9-11,13H2,1-3H3,(H,23,24). The molecule has 0 aromatic heterocycles. The van der Waals surface area contributed by atoms with Crippen LogP contribution in [0.1, 0.15) is 57.9 Å². The summed E-state index contributed by atoms with van der Waals surface area (Å²) in [5.41, 5.74) is 1.13. The predicted octanol–water partition coefficient (Wildman–Crippen LogP) is 5.37. The van der Waals surface area contributed by atoms with Gasteiger partial charge in [-0.3, -0.25) is 4.79 Å². The molecule has 0 radical (unpaired) electrons. The highest BCUT2D eigenvalue weighted by molar-refractivity contribution is 6.42. The van der Waals surface area contributed by atoms with Crippen LogP contribution in [0.2, 0.25) is 10.0 Å². The van der Waals surface area contributed by atoms with Crippen LogP contribution in [0.5, 0.6) is 0 Å². The van der Waals surface area contributed by atoms with Crippen LogP contribution in [-0.2, 0) is 14.9 Å². The fourth-order valence-corrected chi connectivity index (χ4v) is 4.25. The number of halogens is 2. The van der Waals surface area contributed by atoms with Gasteiger partial charge in [-0.15, -0.1) is 0 Å². The highest BCUT2D eigenvalue weighted by Gasteiger charge is 2.46. The van der Waals surface area contributed by atoms with Crippen LogP contribution in [0.4, 0.5) is 0 Å². The minimum atomic E-state index is -0.0553. The molecular formula is C20H29Cl2NO2. The summed E-state index contributed by atoms with van der Waals surface area (Å²) in [5, 5.41) is 4.40. The lowest BCUT2D eigenvalue weighted by molar-refractivity contribution is -0.126. The second kappa shape index (κ2) is 9.25. The van der Waals surface area contributed by atoms with Crippen molar-refractivity contribution in [2.75, 3.05) is 13.7 Å². The van der Waals surface area contributed by atoms with Gasteiger partial charge in [0.2, 0.25) is 5.91 Å². The van der Waals surface area contributed by atoms with Crippen molar-refractivity contribution < 1.29 is 9.53 Å². The molecule has 1 unspecified atom stereocenters. The van der Waals surface area contributed by atoms with Crippen LogP contribution >= 0.6 is 23.2 Å². The molecule has 140 valence electrons. The first-order valence-electron chi connectivity index (χ1n) is 9.20. The Balaban J connectivity index is 2.33. The molecule has 1 aliphatic carbocycles. The summed E-state index contributed by atoms with van der Waals surface area (Å²) >= 11 is 12.4. The summed E-state index contributed by atoms with van der Waals surface area (Å²) in [6.45, 7) is 4.53. The maximum Gasteiger partial charge on any atom is 0.246 e. The molecule has 2 rings (SSSR count). The molecule has 1 fully saturated rings. The van der Waals surface area contributed by atoms with E-state index >= 15 is 0 Å². The first-order chi connectivity index (χ1) is 12.0. The van der Waals surface area contributed by atoms with Gasteiger partial charge in [0.05, 0.1) is 10.0 Å². The van der Waals surface area contributed by atoms with Crippen LogP contribution in [0.25, 0.3) is 0 Å². The van der Waals surface area contributed by atoms with E-state index in [1.54, 1.807) is 7.11 Å². The van der Waals surface area contributed by atoms with Crippen LogP contribution < -0.4 is 5.32 Å². The zero-order chi connectivity index (χ0) is 18.4. The van der Waals surface area contributed by atoms with Gasteiger partial charge in [0.25, 0.3) is 0 Å². The van der Waals surface area contributed by atoms with E-state index in [0.29, 0.717) is 16.0 Å². The topological polar surface area (TPSA) is 38.3 Å². The van der Waals surface area contributed by atoms with Crippen LogP contribution in [0, 0.1) is 5.92 Å². The molecule has 0 heterocycles. The summed E-state index contributed by atoms with van der Waals surface area (Å²) in [5.74, 6) is 0.540. The second-order valence-electron chi connectivity index (χ2n) is 7.11. The minimum absolute atomic E-state index is 0.0511. The van der Waals surface area contributed by atoms with E-state index in [0.717, 1.165) is 32.1 Å². The smallest absolute Gasteiger partial charge is 0.246 e. The third-order valence-electron chi connectivity index (χ3n) is 5.74. The van der Waals surface area contributed by atoms with Crippen molar-refractivity contribution in [3.05, 3.63) is 33.8 Å². The number of amides is 1. The number of hydrogen-bond donors (Lipinski definition) is 1. The summed E-state index contributed by atoms with van der Waals surface area (Å²) < 4.78 is 5.02. The van der Waals surface area contributed by atoms with Crippen LogP contribution in [0.15, 0.2) is 18.2 Å². The monoisotopic (exact) mass is 385 g/mol. The molecule has 1 aromatic rings. The average molecular weight is 386 g/mol. The van der Waals surface area contributed by atoms with Gasteiger partial charge in [-0.25, -0.2) is 0 Å². The minimum Gasteiger partial charge on any atom is -0.375 e. The van der Waals surface area contributed by atoms with Gasteiger partial charge in [0.15, 0.2) is 0 Å². The molecule has 0 aliphatic heterocycles. The third-order valence-corrected chi connectivity index (χ3v) is 6.48. The van der Waals surface area contributed by atoms with Gasteiger partial charge >= 0.3 is 0 Å². The molecule has 0 bridgehead atoms. The normalized spacial score (nSPS) is 17.2. The molecule has 1 N–H and O–H groups in total. The number of carbonyl (C=O) groups is 1. The van der Waals surface area contributed by atoms with E-state index in [4.69, 9.17) is 27.9 Å². The van der Waals surface area contributed by atoms with E-state index in [2.05, 4.69) is 25.2 Å². The Hall–Kier alpha value is -0.770. The SMILES string of the molecule is CCC(CC)CC(NC(=O)COC)C1(c2ccc(Cl)c(Cl)c2)CCC1. The number of benzene rings is 1. The van der Waals surface area contributed by atoms with E-state index < -0.39 is 0 Å². The van der Waals surface area contributed by atoms with Crippen LogP contribution in [-0.4, -0.2) is 25.7 Å². The predicted molar refractivity (Wildman–Crippen MR) is 104 cm³/mol. The van der Waals surface area contributed by atoms with Crippen LogP contribution in [0.3, 0.4) is 0 Å². The first kappa shape index (κ1) is 20.5. The van der Waals surface area contributed by atoms with Gasteiger partial charge in [0, 0.05) is 18.6 Å². The molecule has 1 saturated carbocycles. The first-order valence-corrected chi connectivity index (χ1v) is 9.96. The zero-order valence-corrected chi connectivity index (χ0v) is 16.9. The number of nitrogens with one attached hydrogen (secondary N) is 1. The molecule has 1 aliphatic rings. The Morgan fingerprint density at radius 1 is 1.24 bits per heavy atom. The Labute approximate surface area is 161 Å². The van der Waals surface area contributed by atoms with Crippen molar-refractivity contribution in [2.45, 2.75) is 63.8 Å². The highest BCUT2D eigenvalue weighted by Crippen LogP contribution is 2.49. The molecule has 1 atom stereocenters. The maximum absolute atomic E-state index is 12.3. The van der Waals surface area contributed by atoms with Crippen molar-refractivity contribution in [3.63, 3.8) is 0 Å². The van der Waals surface area contributed by atoms with Gasteiger partial charge in [0.1, 0.15) is 6.61 Å². The molecule has 5 heteroatoms. The zero-order valence-electron chi connectivity index (χ0n) is 15.4. The number of ether oxygens (including phenoxy) is 1. The largest absolute Gasteiger partial charge is 0.375 e. The molecular weight excluding hydrogens is 357 g/mol. The van der Waals surface area contributed by atoms with Crippen molar-refractivity contribution in [2.24, 2.45) is 5.92 Å². The lowest BCUT2D eigenvalue weighted by atomic mass is 9.58. The summed E-state index contributed by atoms with van der Waals surface area (Å²) in [6.07, 6.45) is 6.49. The highest BCUT2D eigenvalue weighted by atomic mass is 35.5. The molecule has 0 saturated heterocycles. The maximum atomic E-state index is 12.3. The summed E-state index contributed by atoms with van der Waals surface area (Å²) in [6, 6.07) is 6.00. The quantitative estimate of drug-likeness (QED) is 0.619. The molecule has 1 amide bonds. The lowest BCUT2D eigenvalue weighted by Crippen LogP contribution is -2.55. The lowest BCUT2D eigenvalue weighted by Gasteiger charge is -2.49. The molecule has 25 heavy (non-hydrogen) atoms. The average Bonchev–Trinajstić information content (AvgIpc) is 2.54. The van der Waals surface area contributed by atoms with E-state index in [1.807, 2.05) is 12.1 Å². The van der Waals surface area contributed by atoms with Crippen molar-refractivity contribution in [3.8, 4) is 0 Å². The number of hydrogen-bond acceptors (Lipinski definition) is 2. The number of carbonyl (C=O) groups excluding carboxylic acids is 1. The second-order valence-corrected chi connectivity index (χ2v) is 7.92. The van der Waals surface area contributed by atoms with Crippen molar-refractivity contribution in [1.29, 1.82) is 0 Å². The van der Waals surface area contributed by atoms with Gasteiger partial charge in [-0.2, -0.15) is 0 Å². The van der Waals surface area contributed by atoms with E-state index in [9.17, 15) is 4.79 Å². The summed E-state index contributed by atoms with van der Waals surface area (Å²) in [7, 11) is 1.55. The Morgan fingerprint density at radius 2 is 1.92 bits per heavy atom. The van der Waals surface area contributed by atoms with Gasteiger partial charge < -0.3 is 10.1 Å². The Kier molecular flexibility index (Phi) is 7.60. The molecule has 1 aromatic carbocycles. The van der Waals surface area contributed by atoms with Crippen molar-refractivity contribution >= 4 is 29.1 Å². The van der Waals surface area contributed by atoms with Crippen molar-refractivity contribution in [1.82, 2.24) is 5.32 Å². The fourth-order valence-electron chi connectivity index (χ4n) is 3.95. The third kappa shape index (κ3) is 4.69. The Morgan fingerprint density at radius 3 is 2.40 bits per heavy atom. The number of rotatable bonds is 9. The van der Waals surface area contributed by atoms with Gasteiger partial charge in [-0.05, 0) is 42.9 Å². The van der Waals surface area contributed by atoms with E-state index in [1.165, 1.54) is 12.0 Å². The fraction of sp³-hybridized carbons (Fsp3) is 0.650. The number of methoxy groups -OCH3 is 1. The van der Waals surface area contributed by atoms with Gasteiger partial charge in [-0.1, -0.05) is 62.4 Å². The molecule has 0 spiro atoms.